The molecule has 0 bridgehead atoms. The third-order valence-corrected chi connectivity index (χ3v) is 3.07. The Hall–Kier alpha value is -1.33. The minimum absolute atomic E-state index is 0.0823. The lowest BCUT2D eigenvalue weighted by molar-refractivity contribution is 0.185. The van der Waals surface area contributed by atoms with Crippen molar-refractivity contribution < 1.29 is 14.3 Å². The van der Waals surface area contributed by atoms with Crippen molar-refractivity contribution in [3.63, 3.8) is 0 Å². The second-order valence-electron chi connectivity index (χ2n) is 4.20. The van der Waals surface area contributed by atoms with E-state index in [1.165, 1.54) is 12.1 Å². The molecule has 18 heavy (non-hydrogen) atoms. The number of rotatable bonds is 4. The van der Waals surface area contributed by atoms with Crippen molar-refractivity contribution in [3.05, 3.63) is 29.0 Å². The third kappa shape index (κ3) is 3.11. The molecular formula is C12H14ClFN2O2. The van der Waals surface area contributed by atoms with Crippen LogP contribution in [0.25, 0.3) is 0 Å². The quantitative estimate of drug-likeness (QED) is 0.885. The Morgan fingerprint density at radius 3 is 2.83 bits per heavy atom. The molecule has 0 aliphatic heterocycles. The standard InChI is InChI=1S/C12H14ClFN2O2/c13-10-7-8(14)1-4-11(10)15-12(18)16(5-6-17)9-2-3-9/h1,4,7,9,17H,2-3,5-6H2,(H,15,18). The predicted molar refractivity (Wildman–Crippen MR) is 67.2 cm³/mol. The molecule has 98 valence electrons. The number of aliphatic hydroxyl groups is 1. The fraction of sp³-hybridized carbons (Fsp3) is 0.417. The molecule has 0 saturated heterocycles. The second kappa shape index (κ2) is 5.54. The molecule has 4 nitrogen and oxygen atoms in total. The van der Waals surface area contributed by atoms with Gasteiger partial charge in [-0.05, 0) is 31.0 Å². The molecule has 0 radical (unpaired) electrons. The summed E-state index contributed by atoms with van der Waals surface area (Å²) in [6.07, 6.45) is 1.90. The van der Waals surface area contributed by atoms with E-state index in [9.17, 15) is 9.18 Å². The first kappa shape index (κ1) is 13.1. The Morgan fingerprint density at radius 1 is 1.56 bits per heavy atom. The average molecular weight is 273 g/mol. The van der Waals surface area contributed by atoms with Crippen LogP contribution in [0.3, 0.4) is 0 Å². The van der Waals surface area contributed by atoms with Gasteiger partial charge in [0.2, 0.25) is 0 Å². The first-order chi connectivity index (χ1) is 8.61. The van der Waals surface area contributed by atoms with E-state index < -0.39 is 5.82 Å². The Labute approximate surface area is 109 Å². The Bertz CT molecular complexity index is 452. The van der Waals surface area contributed by atoms with Gasteiger partial charge in [-0.15, -0.1) is 0 Å². The lowest BCUT2D eigenvalue weighted by atomic mass is 10.3. The number of carbonyl (C=O) groups excluding carboxylic acids is 1. The molecule has 0 aromatic heterocycles. The summed E-state index contributed by atoms with van der Waals surface area (Å²) in [7, 11) is 0. The van der Waals surface area contributed by atoms with E-state index in [0.29, 0.717) is 5.69 Å². The van der Waals surface area contributed by atoms with E-state index >= 15 is 0 Å². The van der Waals surface area contributed by atoms with Crippen LogP contribution in [0.5, 0.6) is 0 Å². The third-order valence-electron chi connectivity index (χ3n) is 2.76. The first-order valence-corrected chi connectivity index (χ1v) is 6.13. The summed E-state index contributed by atoms with van der Waals surface area (Å²) in [4.78, 5) is 13.5. The second-order valence-corrected chi connectivity index (χ2v) is 4.61. The van der Waals surface area contributed by atoms with Gasteiger partial charge in [0.05, 0.1) is 17.3 Å². The smallest absolute Gasteiger partial charge is 0.322 e. The van der Waals surface area contributed by atoms with Gasteiger partial charge in [0.1, 0.15) is 5.82 Å². The highest BCUT2D eigenvalue weighted by atomic mass is 35.5. The lowest BCUT2D eigenvalue weighted by Crippen LogP contribution is -2.38. The van der Waals surface area contributed by atoms with Crippen LogP contribution in [0.15, 0.2) is 18.2 Å². The molecule has 1 aromatic rings. The van der Waals surface area contributed by atoms with Gasteiger partial charge in [-0.25, -0.2) is 9.18 Å². The molecule has 0 heterocycles. The van der Waals surface area contributed by atoms with Crippen LogP contribution in [0.1, 0.15) is 12.8 Å². The van der Waals surface area contributed by atoms with E-state index in [0.717, 1.165) is 18.9 Å². The van der Waals surface area contributed by atoms with E-state index in [1.54, 1.807) is 4.90 Å². The molecule has 2 N–H and O–H groups in total. The average Bonchev–Trinajstić information content (AvgIpc) is 3.13. The van der Waals surface area contributed by atoms with Crippen LogP contribution in [0.4, 0.5) is 14.9 Å². The zero-order valence-electron chi connectivity index (χ0n) is 9.70. The molecule has 2 amide bonds. The zero-order chi connectivity index (χ0) is 13.1. The van der Waals surface area contributed by atoms with Crippen LogP contribution in [0.2, 0.25) is 5.02 Å². The molecule has 0 atom stereocenters. The van der Waals surface area contributed by atoms with E-state index in [2.05, 4.69) is 5.32 Å². The number of anilines is 1. The molecule has 1 aliphatic rings. The number of aliphatic hydroxyl groups excluding tert-OH is 1. The topological polar surface area (TPSA) is 52.6 Å². The fourth-order valence-electron chi connectivity index (χ4n) is 1.72. The molecular weight excluding hydrogens is 259 g/mol. The molecule has 0 unspecified atom stereocenters. The van der Waals surface area contributed by atoms with Gasteiger partial charge < -0.3 is 15.3 Å². The summed E-state index contributed by atoms with van der Waals surface area (Å²) in [5.74, 6) is -0.451. The van der Waals surface area contributed by atoms with Gasteiger partial charge >= 0.3 is 6.03 Å². The van der Waals surface area contributed by atoms with E-state index in [1.807, 2.05) is 0 Å². The van der Waals surface area contributed by atoms with Gasteiger partial charge in [0.15, 0.2) is 0 Å². The van der Waals surface area contributed by atoms with Crippen molar-refractivity contribution in [2.45, 2.75) is 18.9 Å². The number of halogens is 2. The number of amides is 2. The van der Waals surface area contributed by atoms with E-state index in [-0.39, 0.29) is 30.2 Å². The summed E-state index contributed by atoms with van der Waals surface area (Å²) in [6.45, 7) is 0.205. The molecule has 0 spiro atoms. The molecule has 2 rings (SSSR count). The van der Waals surface area contributed by atoms with Crippen molar-refractivity contribution in [2.75, 3.05) is 18.5 Å². The number of urea groups is 1. The number of hydrogen-bond donors (Lipinski definition) is 2. The predicted octanol–water partition coefficient (Wildman–Crippen LogP) is 2.47. The number of benzene rings is 1. The van der Waals surface area contributed by atoms with Crippen LogP contribution in [-0.2, 0) is 0 Å². The maximum atomic E-state index is 12.9. The van der Waals surface area contributed by atoms with Crippen molar-refractivity contribution in [1.29, 1.82) is 0 Å². The Morgan fingerprint density at radius 2 is 2.28 bits per heavy atom. The van der Waals surface area contributed by atoms with Crippen molar-refractivity contribution in [1.82, 2.24) is 4.90 Å². The Kier molecular flexibility index (Phi) is 4.04. The largest absolute Gasteiger partial charge is 0.395 e. The molecule has 1 saturated carbocycles. The van der Waals surface area contributed by atoms with Crippen LogP contribution < -0.4 is 5.32 Å². The summed E-state index contributed by atoms with van der Waals surface area (Å²) in [6, 6.07) is 3.66. The molecule has 1 aliphatic carbocycles. The maximum absolute atomic E-state index is 12.9. The summed E-state index contributed by atoms with van der Waals surface area (Å²) in [5.41, 5.74) is 0.367. The summed E-state index contributed by atoms with van der Waals surface area (Å²) < 4.78 is 12.9. The highest BCUT2D eigenvalue weighted by Gasteiger charge is 2.32. The normalized spacial score (nSPS) is 14.4. The van der Waals surface area contributed by atoms with Crippen molar-refractivity contribution in [3.8, 4) is 0 Å². The van der Waals surface area contributed by atoms with Crippen LogP contribution in [0, 0.1) is 5.82 Å². The highest BCUT2D eigenvalue weighted by molar-refractivity contribution is 6.33. The Balaban J connectivity index is 2.05. The number of carbonyl (C=O) groups is 1. The van der Waals surface area contributed by atoms with Crippen LogP contribution in [-0.4, -0.2) is 35.2 Å². The zero-order valence-corrected chi connectivity index (χ0v) is 10.5. The monoisotopic (exact) mass is 272 g/mol. The molecule has 1 fully saturated rings. The summed E-state index contributed by atoms with van der Waals surface area (Å²) in [5, 5.41) is 11.7. The van der Waals surface area contributed by atoms with Gasteiger partial charge in [-0.2, -0.15) is 0 Å². The number of nitrogens with zero attached hydrogens (tertiary/aromatic N) is 1. The minimum atomic E-state index is -0.451. The lowest BCUT2D eigenvalue weighted by Gasteiger charge is -2.22. The first-order valence-electron chi connectivity index (χ1n) is 5.75. The van der Waals surface area contributed by atoms with Crippen molar-refractivity contribution >= 4 is 23.3 Å². The van der Waals surface area contributed by atoms with Gasteiger partial charge in [0, 0.05) is 12.6 Å². The van der Waals surface area contributed by atoms with Gasteiger partial charge in [-0.3, -0.25) is 0 Å². The fourth-order valence-corrected chi connectivity index (χ4v) is 1.94. The molecule has 6 heteroatoms. The van der Waals surface area contributed by atoms with Crippen molar-refractivity contribution in [2.24, 2.45) is 0 Å². The number of hydrogen-bond acceptors (Lipinski definition) is 2. The van der Waals surface area contributed by atoms with Crippen LogP contribution >= 0.6 is 11.6 Å². The highest BCUT2D eigenvalue weighted by Crippen LogP contribution is 2.28. The minimum Gasteiger partial charge on any atom is -0.395 e. The SMILES string of the molecule is O=C(Nc1ccc(F)cc1Cl)N(CCO)C1CC1. The van der Waals surface area contributed by atoms with Gasteiger partial charge in [0.25, 0.3) is 0 Å². The summed E-state index contributed by atoms with van der Waals surface area (Å²) >= 11 is 5.83. The maximum Gasteiger partial charge on any atom is 0.322 e. The van der Waals surface area contributed by atoms with Gasteiger partial charge in [-0.1, -0.05) is 11.6 Å². The number of nitrogens with one attached hydrogen (secondary N) is 1. The molecule has 1 aromatic carbocycles. The van der Waals surface area contributed by atoms with E-state index in [4.69, 9.17) is 16.7 Å².